The van der Waals surface area contributed by atoms with Crippen molar-refractivity contribution in [2.75, 3.05) is 18.1 Å². The fourth-order valence-corrected chi connectivity index (χ4v) is 3.89. The van der Waals surface area contributed by atoms with Crippen molar-refractivity contribution >= 4 is 37.3 Å². The van der Waals surface area contributed by atoms with Gasteiger partial charge in [0.25, 0.3) is 0 Å². The SMILES string of the molecule is COc1ccc2nc(-c3ccc(NS(C)(=O)=O)c(C)c3)sc2c1. The predicted molar refractivity (Wildman–Crippen MR) is 94.8 cm³/mol. The van der Waals surface area contributed by atoms with Gasteiger partial charge in [0.05, 0.1) is 29.3 Å². The van der Waals surface area contributed by atoms with Crippen molar-refractivity contribution in [3.63, 3.8) is 0 Å². The summed E-state index contributed by atoms with van der Waals surface area (Å²) in [6, 6.07) is 11.3. The van der Waals surface area contributed by atoms with E-state index < -0.39 is 10.0 Å². The number of aromatic nitrogens is 1. The highest BCUT2D eigenvalue weighted by Crippen LogP contribution is 2.33. The molecule has 23 heavy (non-hydrogen) atoms. The number of anilines is 1. The van der Waals surface area contributed by atoms with Crippen molar-refractivity contribution in [1.82, 2.24) is 4.98 Å². The Kier molecular flexibility index (Phi) is 3.99. The smallest absolute Gasteiger partial charge is 0.229 e. The lowest BCUT2D eigenvalue weighted by atomic mass is 10.1. The molecular weight excluding hydrogens is 332 g/mol. The van der Waals surface area contributed by atoms with E-state index in [0.717, 1.165) is 38.4 Å². The molecule has 1 heterocycles. The molecule has 0 unspecified atom stereocenters. The topological polar surface area (TPSA) is 68.3 Å². The molecule has 0 atom stereocenters. The molecule has 0 aliphatic rings. The quantitative estimate of drug-likeness (QED) is 0.781. The number of sulfonamides is 1. The maximum Gasteiger partial charge on any atom is 0.229 e. The number of thiazole rings is 1. The minimum atomic E-state index is -3.28. The number of nitrogens with one attached hydrogen (secondary N) is 1. The maximum absolute atomic E-state index is 11.4. The second-order valence-corrected chi connectivity index (χ2v) is 8.04. The lowest BCUT2D eigenvalue weighted by molar-refractivity contribution is 0.415. The standard InChI is InChI=1S/C16H16N2O3S2/c1-10-8-11(4-6-13(10)18-23(3,19)20)16-17-14-7-5-12(21-2)9-15(14)22-16/h4-9,18H,1-3H3. The van der Waals surface area contributed by atoms with E-state index in [2.05, 4.69) is 9.71 Å². The van der Waals surface area contributed by atoms with Crippen LogP contribution < -0.4 is 9.46 Å². The zero-order valence-corrected chi connectivity index (χ0v) is 14.6. The first-order valence-electron chi connectivity index (χ1n) is 6.89. The number of nitrogens with zero attached hydrogens (tertiary/aromatic N) is 1. The van der Waals surface area contributed by atoms with Gasteiger partial charge in [-0.25, -0.2) is 13.4 Å². The number of benzene rings is 2. The van der Waals surface area contributed by atoms with Crippen LogP contribution in [0.3, 0.4) is 0 Å². The Morgan fingerprint density at radius 3 is 2.61 bits per heavy atom. The molecule has 0 fully saturated rings. The van der Waals surface area contributed by atoms with Crippen molar-refractivity contribution in [2.45, 2.75) is 6.92 Å². The molecule has 0 saturated carbocycles. The van der Waals surface area contributed by atoms with Gasteiger partial charge in [0.15, 0.2) is 0 Å². The van der Waals surface area contributed by atoms with Gasteiger partial charge in [-0.2, -0.15) is 0 Å². The van der Waals surface area contributed by atoms with Crippen LogP contribution in [0.4, 0.5) is 5.69 Å². The first-order chi connectivity index (χ1) is 10.9. The lowest BCUT2D eigenvalue weighted by Gasteiger charge is -2.08. The molecule has 0 aliphatic heterocycles. The van der Waals surface area contributed by atoms with Crippen LogP contribution in [0.25, 0.3) is 20.8 Å². The van der Waals surface area contributed by atoms with Gasteiger partial charge in [0, 0.05) is 5.56 Å². The largest absolute Gasteiger partial charge is 0.497 e. The molecule has 3 rings (SSSR count). The summed E-state index contributed by atoms with van der Waals surface area (Å²) in [7, 11) is -1.64. The Morgan fingerprint density at radius 2 is 1.96 bits per heavy atom. The first-order valence-corrected chi connectivity index (χ1v) is 9.60. The van der Waals surface area contributed by atoms with Crippen molar-refractivity contribution < 1.29 is 13.2 Å². The highest BCUT2D eigenvalue weighted by atomic mass is 32.2. The number of ether oxygens (including phenoxy) is 1. The monoisotopic (exact) mass is 348 g/mol. The highest BCUT2D eigenvalue weighted by Gasteiger charge is 2.10. The number of methoxy groups -OCH3 is 1. The minimum Gasteiger partial charge on any atom is -0.497 e. The van der Waals surface area contributed by atoms with Crippen molar-refractivity contribution in [1.29, 1.82) is 0 Å². The molecule has 7 heteroatoms. The Morgan fingerprint density at radius 1 is 1.17 bits per heavy atom. The lowest BCUT2D eigenvalue weighted by Crippen LogP contribution is -2.10. The molecule has 1 aromatic heterocycles. The van der Waals surface area contributed by atoms with E-state index in [1.807, 2.05) is 37.3 Å². The van der Waals surface area contributed by atoms with Crippen LogP contribution in [0.1, 0.15) is 5.56 Å². The van der Waals surface area contributed by atoms with Gasteiger partial charge < -0.3 is 4.74 Å². The average Bonchev–Trinajstić information content (AvgIpc) is 2.90. The molecule has 3 aromatic rings. The van der Waals surface area contributed by atoms with Crippen LogP contribution in [0.15, 0.2) is 36.4 Å². The molecule has 1 N–H and O–H groups in total. The van der Waals surface area contributed by atoms with E-state index in [1.165, 1.54) is 0 Å². The normalized spacial score (nSPS) is 11.6. The van der Waals surface area contributed by atoms with Gasteiger partial charge >= 0.3 is 0 Å². The van der Waals surface area contributed by atoms with Gasteiger partial charge in [-0.05, 0) is 48.9 Å². The zero-order valence-electron chi connectivity index (χ0n) is 13.0. The molecule has 0 amide bonds. The van der Waals surface area contributed by atoms with Crippen LogP contribution in [0.5, 0.6) is 5.75 Å². The van der Waals surface area contributed by atoms with E-state index >= 15 is 0 Å². The zero-order chi connectivity index (χ0) is 16.6. The minimum absolute atomic E-state index is 0.582. The van der Waals surface area contributed by atoms with Crippen molar-refractivity contribution in [3.8, 4) is 16.3 Å². The first kappa shape index (κ1) is 15.8. The van der Waals surface area contributed by atoms with Crippen LogP contribution in [-0.4, -0.2) is 26.8 Å². The number of rotatable bonds is 4. The Bertz CT molecular complexity index is 978. The maximum atomic E-state index is 11.4. The number of hydrogen-bond acceptors (Lipinski definition) is 5. The molecule has 0 aliphatic carbocycles. The van der Waals surface area contributed by atoms with Crippen molar-refractivity contribution in [3.05, 3.63) is 42.0 Å². The Balaban J connectivity index is 2.00. The molecule has 0 radical (unpaired) electrons. The fraction of sp³-hybridized carbons (Fsp3) is 0.188. The summed E-state index contributed by atoms with van der Waals surface area (Å²) in [5, 5.41) is 0.891. The molecule has 2 aromatic carbocycles. The van der Waals surface area contributed by atoms with Crippen LogP contribution in [0, 0.1) is 6.92 Å². The molecule has 0 saturated heterocycles. The molecule has 5 nitrogen and oxygen atoms in total. The second kappa shape index (κ2) is 5.82. The third-order valence-corrected chi connectivity index (χ3v) is 5.02. The molecular formula is C16H16N2O3S2. The van der Waals surface area contributed by atoms with Crippen LogP contribution >= 0.6 is 11.3 Å². The van der Waals surface area contributed by atoms with Gasteiger partial charge in [0.1, 0.15) is 10.8 Å². The van der Waals surface area contributed by atoms with E-state index in [1.54, 1.807) is 24.5 Å². The third-order valence-electron chi connectivity index (χ3n) is 3.36. The van der Waals surface area contributed by atoms with Crippen LogP contribution in [0.2, 0.25) is 0 Å². The summed E-state index contributed by atoms with van der Waals surface area (Å²) in [5.74, 6) is 0.802. The van der Waals surface area contributed by atoms with Crippen molar-refractivity contribution in [2.24, 2.45) is 0 Å². The summed E-state index contributed by atoms with van der Waals surface area (Å²) < 4.78 is 31.5. The van der Waals surface area contributed by atoms with Crippen LogP contribution in [-0.2, 0) is 10.0 Å². The van der Waals surface area contributed by atoms with E-state index in [0.29, 0.717) is 5.69 Å². The van der Waals surface area contributed by atoms with E-state index in [-0.39, 0.29) is 0 Å². The number of aryl methyl sites for hydroxylation is 1. The highest BCUT2D eigenvalue weighted by molar-refractivity contribution is 7.92. The van der Waals surface area contributed by atoms with Gasteiger partial charge in [-0.1, -0.05) is 0 Å². The van der Waals surface area contributed by atoms with Gasteiger partial charge in [-0.3, -0.25) is 4.72 Å². The Labute approximate surface area is 139 Å². The van der Waals surface area contributed by atoms with E-state index in [9.17, 15) is 8.42 Å². The average molecular weight is 348 g/mol. The predicted octanol–water partition coefficient (Wildman–Crippen LogP) is 3.65. The molecule has 0 spiro atoms. The number of fused-ring (bicyclic) bond motifs is 1. The summed E-state index contributed by atoms with van der Waals surface area (Å²) in [4.78, 5) is 4.63. The molecule has 0 bridgehead atoms. The third kappa shape index (κ3) is 3.46. The summed E-state index contributed by atoms with van der Waals surface area (Å²) in [6.07, 6.45) is 1.14. The van der Waals surface area contributed by atoms with E-state index in [4.69, 9.17) is 4.74 Å². The molecule has 120 valence electrons. The fourth-order valence-electron chi connectivity index (χ4n) is 2.27. The summed E-state index contributed by atoms with van der Waals surface area (Å²) in [5.41, 5.74) is 3.31. The van der Waals surface area contributed by atoms with Gasteiger partial charge in [0.2, 0.25) is 10.0 Å². The number of hydrogen-bond donors (Lipinski definition) is 1. The summed E-state index contributed by atoms with van der Waals surface area (Å²) in [6.45, 7) is 1.87. The second-order valence-electron chi connectivity index (χ2n) is 5.26. The van der Waals surface area contributed by atoms with Gasteiger partial charge in [-0.15, -0.1) is 11.3 Å². The summed E-state index contributed by atoms with van der Waals surface area (Å²) >= 11 is 1.58. The Hall–Kier alpha value is -2.12.